The van der Waals surface area contributed by atoms with E-state index in [9.17, 15) is 0 Å². The van der Waals surface area contributed by atoms with Gasteiger partial charge in [-0.05, 0) is 64.8 Å². The van der Waals surface area contributed by atoms with Crippen LogP contribution in [0, 0.1) is 0 Å². The molecule has 0 N–H and O–H groups in total. The normalized spacial score (nSPS) is 13.7. The van der Waals surface area contributed by atoms with Gasteiger partial charge in [-0.3, -0.25) is 9.80 Å². The van der Waals surface area contributed by atoms with E-state index in [1.807, 2.05) is 0 Å². The van der Waals surface area contributed by atoms with Crippen LogP contribution in [-0.2, 0) is 0 Å². The summed E-state index contributed by atoms with van der Waals surface area (Å²) in [6, 6.07) is 0. The summed E-state index contributed by atoms with van der Waals surface area (Å²) in [6.45, 7) is 31.1. The standard InChI is InChI=1S/C73H151N5/c1-6-11-16-21-26-31-36-38-43-48-53-58-63-76(66-64-74(59-54-49-44-39-33-28-23-18-13-8-3)60-55-52-47-42-37-32-27-22-17-12-7-2)67-69-78-72-70-77(71-73-78)68-65-75(61-56-50-45-40-34-29-24-19-14-9-4)62-57-51-46-41-35-30-25-20-15-10-5/h6-73H2,1-5H3. The fourth-order valence-corrected chi connectivity index (χ4v) is 12.7. The van der Waals surface area contributed by atoms with E-state index in [2.05, 4.69) is 59.1 Å². The number of unbranched alkanes of at least 4 members (excludes halogenated alkanes) is 48. The van der Waals surface area contributed by atoms with E-state index in [0.717, 1.165) is 0 Å². The Labute approximate surface area is 495 Å². The minimum atomic E-state index is 1.27. The highest BCUT2D eigenvalue weighted by atomic mass is 15.3. The molecule has 0 saturated carbocycles. The molecule has 1 aliphatic heterocycles. The van der Waals surface area contributed by atoms with E-state index < -0.39 is 0 Å². The molecule has 0 bridgehead atoms. The zero-order valence-corrected chi connectivity index (χ0v) is 55.3. The largest absolute Gasteiger partial charge is 0.302 e. The van der Waals surface area contributed by atoms with Gasteiger partial charge in [0.2, 0.25) is 0 Å². The van der Waals surface area contributed by atoms with Gasteiger partial charge in [0.15, 0.2) is 0 Å². The molecule has 0 aliphatic carbocycles. The van der Waals surface area contributed by atoms with Gasteiger partial charge in [0, 0.05) is 65.4 Å². The second-order valence-corrected chi connectivity index (χ2v) is 26.2. The van der Waals surface area contributed by atoms with Gasteiger partial charge < -0.3 is 14.7 Å². The molecule has 78 heavy (non-hydrogen) atoms. The summed E-state index contributed by atoms with van der Waals surface area (Å²) in [6.07, 6.45) is 76.5. The maximum absolute atomic E-state index is 2.94. The first-order valence-electron chi connectivity index (χ1n) is 37.3. The molecule has 1 aliphatic rings. The van der Waals surface area contributed by atoms with E-state index in [4.69, 9.17) is 0 Å². The number of rotatable bonds is 67. The van der Waals surface area contributed by atoms with Crippen LogP contribution in [-0.4, -0.2) is 123 Å². The third-order valence-corrected chi connectivity index (χ3v) is 18.6. The third-order valence-electron chi connectivity index (χ3n) is 18.6. The molecule has 5 nitrogen and oxygen atoms in total. The molecule has 5 heteroatoms. The third kappa shape index (κ3) is 55.0. The Morgan fingerprint density at radius 3 is 0.487 bits per heavy atom. The van der Waals surface area contributed by atoms with Gasteiger partial charge in [0.25, 0.3) is 0 Å². The van der Waals surface area contributed by atoms with Gasteiger partial charge in [-0.15, -0.1) is 0 Å². The summed E-state index contributed by atoms with van der Waals surface area (Å²) in [5.74, 6) is 0. The van der Waals surface area contributed by atoms with Gasteiger partial charge >= 0.3 is 0 Å². The molecule has 0 aromatic carbocycles. The fourth-order valence-electron chi connectivity index (χ4n) is 12.7. The topological polar surface area (TPSA) is 16.2 Å². The van der Waals surface area contributed by atoms with Crippen LogP contribution in [0.5, 0.6) is 0 Å². The SMILES string of the molecule is CCCCCCCCCCCCCCN(CCN(CCCCCCCCCCCC)CCCCCCCCCCCCC)CCN1CCN(CCN(CCCCCCCCCCCC)CCCCCCCCCCCC)CC1. The van der Waals surface area contributed by atoms with Gasteiger partial charge in [-0.1, -0.05) is 343 Å². The van der Waals surface area contributed by atoms with Crippen LogP contribution < -0.4 is 0 Å². The summed E-state index contributed by atoms with van der Waals surface area (Å²) in [5, 5.41) is 0. The lowest BCUT2D eigenvalue weighted by Crippen LogP contribution is -2.50. The second-order valence-electron chi connectivity index (χ2n) is 26.2. The maximum atomic E-state index is 2.94. The zero-order chi connectivity index (χ0) is 56.0. The Hall–Kier alpha value is -0.200. The van der Waals surface area contributed by atoms with Crippen LogP contribution in [0.3, 0.4) is 0 Å². The van der Waals surface area contributed by atoms with Crippen molar-refractivity contribution in [1.29, 1.82) is 0 Å². The Morgan fingerprint density at radius 1 is 0.167 bits per heavy atom. The van der Waals surface area contributed by atoms with Crippen molar-refractivity contribution in [1.82, 2.24) is 24.5 Å². The second kappa shape index (κ2) is 64.4. The average Bonchev–Trinajstić information content (AvgIpc) is 3.45. The first kappa shape index (κ1) is 75.8. The number of nitrogens with zero attached hydrogens (tertiary/aromatic N) is 5. The van der Waals surface area contributed by atoms with Crippen molar-refractivity contribution < 1.29 is 0 Å². The molecule has 1 saturated heterocycles. The summed E-state index contributed by atoms with van der Waals surface area (Å²) in [5.41, 5.74) is 0. The van der Waals surface area contributed by atoms with Crippen LogP contribution >= 0.6 is 0 Å². The summed E-state index contributed by atoms with van der Waals surface area (Å²) < 4.78 is 0. The van der Waals surface area contributed by atoms with E-state index >= 15 is 0 Å². The molecular formula is C73H151N5. The van der Waals surface area contributed by atoms with Crippen LogP contribution in [0.4, 0.5) is 0 Å². The molecule has 0 atom stereocenters. The van der Waals surface area contributed by atoms with Crippen LogP contribution in [0.1, 0.15) is 375 Å². The Morgan fingerprint density at radius 2 is 0.308 bits per heavy atom. The molecular weight excluding hydrogens is 947 g/mol. The fraction of sp³-hybridized carbons (Fsp3) is 1.00. The smallest absolute Gasteiger partial charge is 0.0110 e. The number of piperazine rings is 1. The predicted molar refractivity (Wildman–Crippen MR) is 355 cm³/mol. The van der Waals surface area contributed by atoms with E-state index in [-0.39, 0.29) is 0 Å². The average molecular weight is 1100 g/mol. The quantitative estimate of drug-likeness (QED) is 0.0563. The summed E-state index contributed by atoms with van der Waals surface area (Å²) >= 11 is 0. The Balaban J connectivity index is 2.74. The van der Waals surface area contributed by atoms with Crippen molar-refractivity contribution in [3.63, 3.8) is 0 Å². The van der Waals surface area contributed by atoms with E-state index in [1.54, 1.807) is 0 Å². The van der Waals surface area contributed by atoms with E-state index in [1.165, 1.54) is 438 Å². The zero-order valence-electron chi connectivity index (χ0n) is 55.3. The highest BCUT2D eigenvalue weighted by Crippen LogP contribution is 2.18. The van der Waals surface area contributed by atoms with Crippen LogP contribution in [0.15, 0.2) is 0 Å². The van der Waals surface area contributed by atoms with Crippen LogP contribution in [0.25, 0.3) is 0 Å². The monoisotopic (exact) mass is 1100 g/mol. The molecule has 0 unspecified atom stereocenters. The van der Waals surface area contributed by atoms with Crippen molar-refractivity contribution in [2.24, 2.45) is 0 Å². The number of hydrogen-bond donors (Lipinski definition) is 0. The van der Waals surface area contributed by atoms with Crippen LogP contribution in [0.2, 0.25) is 0 Å². The molecule has 0 aromatic rings. The van der Waals surface area contributed by atoms with Gasteiger partial charge in [0.1, 0.15) is 0 Å². The Bertz CT molecular complexity index is 1050. The predicted octanol–water partition coefficient (Wildman–Crippen LogP) is 22.3. The molecule has 0 spiro atoms. The Kier molecular flexibility index (Phi) is 62.6. The molecule has 468 valence electrons. The highest BCUT2D eigenvalue weighted by Gasteiger charge is 2.19. The van der Waals surface area contributed by atoms with E-state index in [0.29, 0.717) is 0 Å². The lowest BCUT2D eigenvalue weighted by atomic mass is 10.1. The van der Waals surface area contributed by atoms with Crippen molar-refractivity contribution in [2.75, 3.05) is 98.2 Å². The number of hydrogen-bond acceptors (Lipinski definition) is 5. The van der Waals surface area contributed by atoms with Crippen molar-refractivity contribution in [2.45, 2.75) is 375 Å². The van der Waals surface area contributed by atoms with Gasteiger partial charge in [0.05, 0.1) is 0 Å². The lowest BCUT2D eigenvalue weighted by Gasteiger charge is -2.37. The first-order valence-corrected chi connectivity index (χ1v) is 37.3. The highest BCUT2D eigenvalue weighted by molar-refractivity contribution is 4.76. The van der Waals surface area contributed by atoms with Crippen molar-refractivity contribution in [3.8, 4) is 0 Å². The maximum Gasteiger partial charge on any atom is 0.0110 e. The minimum absolute atomic E-state index is 1.27. The molecule has 0 aromatic heterocycles. The lowest BCUT2D eigenvalue weighted by molar-refractivity contribution is 0.104. The van der Waals surface area contributed by atoms with Crippen molar-refractivity contribution >= 4 is 0 Å². The molecule has 1 fully saturated rings. The molecule has 1 rings (SSSR count). The molecule has 0 amide bonds. The van der Waals surface area contributed by atoms with Gasteiger partial charge in [-0.2, -0.15) is 0 Å². The van der Waals surface area contributed by atoms with Crippen molar-refractivity contribution in [3.05, 3.63) is 0 Å². The molecule has 1 heterocycles. The van der Waals surface area contributed by atoms with Gasteiger partial charge in [-0.25, -0.2) is 0 Å². The summed E-state index contributed by atoms with van der Waals surface area (Å²) in [4.78, 5) is 14.5. The minimum Gasteiger partial charge on any atom is -0.302 e. The first-order chi connectivity index (χ1) is 38.7. The molecule has 0 radical (unpaired) electrons. The summed E-state index contributed by atoms with van der Waals surface area (Å²) in [7, 11) is 0.